The summed E-state index contributed by atoms with van der Waals surface area (Å²) >= 11 is 0. The first-order valence-corrected chi connectivity index (χ1v) is 16.1. The fourth-order valence-corrected chi connectivity index (χ4v) is 8.90. The van der Waals surface area contributed by atoms with Gasteiger partial charge in [0.2, 0.25) is 0 Å². The van der Waals surface area contributed by atoms with Gasteiger partial charge in [-0.1, -0.05) is 32.0 Å². The molecule has 1 aromatic rings. The van der Waals surface area contributed by atoms with Crippen LogP contribution in [0.4, 0.5) is 0 Å². The van der Waals surface area contributed by atoms with Gasteiger partial charge in [-0.2, -0.15) is 0 Å². The van der Waals surface area contributed by atoms with Crippen molar-refractivity contribution in [3.8, 4) is 0 Å². The van der Waals surface area contributed by atoms with E-state index < -0.39 is 107 Å². The van der Waals surface area contributed by atoms with Crippen LogP contribution in [-0.2, 0) is 33.3 Å². The summed E-state index contributed by atoms with van der Waals surface area (Å²) in [6, 6.07) is 7.95. The molecule has 6 N–H and O–H groups in total. The highest BCUT2D eigenvalue weighted by atomic mass is 16.7. The first-order valence-electron chi connectivity index (χ1n) is 16.1. The summed E-state index contributed by atoms with van der Waals surface area (Å²) in [6.07, 6.45) is -14.2. The number of ether oxygens (including phenoxy) is 5. The van der Waals surface area contributed by atoms with E-state index in [1.165, 1.54) is 26.0 Å². The van der Waals surface area contributed by atoms with Gasteiger partial charge in [0, 0.05) is 25.2 Å². The van der Waals surface area contributed by atoms with Crippen LogP contribution in [0.1, 0.15) is 57.8 Å². The summed E-state index contributed by atoms with van der Waals surface area (Å²) in [5.41, 5.74) is -6.93. The summed E-state index contributed by atoms with van der Waals surface area (Å²) < 4.78 is 30.0. The van der Waals surface area contributed by atoms with E-state index >= 15 is 4.79 Å². The minimum absolute atomic E-state index is 0.0361. The fraction of sp³-hybridized carbons (Fsp3) is 0.676. The fourth-order valence-electron chi connectivity index (χ4n) is 8.90. The number of aliphatic hydroxyl groups excluding tert-OH is 5. The van der Waals surface area contributed by atoms with Crippen LogP contribution in [0.3, 0.4) is 0 Å². The Labute approximate surface area is 277 Å². The quantitative estimate of drug-likeness (QED) is 0.172. The molecular formula is C34H44O14. The summed E-state index contributed by atoms with van der Waals surface area (Å²) in [7, 11) is 0. The maximum atomic E-state index is 15.0. The van der Waals surface area contributed by atoms with Gasteiger partial charge >= 0.3 is 11.9 Å². The molecule has 2 bridgehead atoms. The summed E-state index contributed by atoms with van der Waals surface area (Å²) in [5, 5.41) is 67.5. The standard InChI is InChI=1S/C34H44O14/c1-15-18(36)12-34(43)28(47-29(42)17-9-7-6-8-10-17)26-32(5,27(41)24(39)22(15)31(34,3)4)20(11-21-33(26,14-45-21)48-16(2)35)46-30-25(40)23(38)19(37)13-44-30/h6-10,18-21,23-26,28,30,36-40,43H,11-14H2,1-5H3/t18-,19+,20-,21-,23-,24+,25+,26-,28+,30+,32-,33-,34+/m0/s1. The number of ketones is 1. The van der Waals surface area contributed by atoms with Crippen molar-refractivity contribution in [1.29, 1.82) is 0 Å². The Morgan fingerprint density at radius 1 is 0.979 bits per heavy atom. The molecule has 2 aliphatic heterocycles. The Bertz CT molecular complexity index is 1490. The lowest BCUT2D eigenvalue weighted by atomic mass is 9.44. The molecule has 0 aromatic heterocycles. The summed E-state index contributed by atoms with van der Waals surface area (Å²) in [4.78, 5) is 41.7. The van der Waals surface area contributed by atoms with Gasteiger partial charge in [0.05, 0.1) is 42.3 Å². The van der Waals surface area contributed by atoms with E-state index in [0.717, 1.165) is 0 Å². The molecule has 2 heterocycles. The van der Waals surface area contributed by atoms with Crippen LogP contribution < -0.4 is 0 Å². The van der Waals surface area contributed by atoms with E-state index in [2.05, 4.69) is 0 Å². The predicted octanol–water partition coefficient (Wildman–Crippen LogP) is -0.455. The van der Waals surface area contributed by atoms with Crippen molar-refractivity contribution in [3.63, 3.8) is 0 Å². The minimum atomic E-state index is -2.18. The third-order valence-corrected chi connectivity index (χ3v) is 11.7. The Kier molecular flexibility index (Phi) is 8.71. The number of fused-ring (bicyclic) bond motifs is 5. The number of carbonyl (C=O) groups excluding carboxylic acids is 3. The van der Waals surface area contributed by atoms with Gasteiger partial charge in [0.15, 0.2) is 17.7 Å². The normalized spacial score (nSPS) is 45.1. The molecule has 1 aromatic carbocycles. The van der Waals surface area contributed by atoms with E-state index in [0.29, 0.717) is 0 Å². The maximum absolute atomic E-state index is 15.0. The first kappa shape index (κ1) is 35.1. The van der Waals surface area contributed by atoms with Crippen molar-refractivity contribution in [1.82, 2.24) is 0 Å². The molecule has 6 rings (SSSR count). The SMILES string of the molecule is CC(=O)O[C@@]12CO[C@H]1C[C@H](O[C@H]1OC[C@@H](O)[C@H](O)[C@H]1O)[C@]1(C)C(=O)[C@H](O)C3=C(C)[C@@H](O)C[C@@](O)([C@H](OC(=O)c4ccccc4)[C@H]21)C3(C)C. The molecule has 264 valence electrons. The number of benzene rings is 1. The lowest BCUT2D eigenvalue weighted by molar-refractivity contribution is -0.366. The molecule has 14 nitrogen and oxygen atoms in total. The number of rotatable bonds is 5. The number of aliphatic hydroxyl groups is 6. The van der Waals surface area contributed by atoms with Crippen LogP contribution in [0.2, 0.25) is 0 Å². The second-order valence-corrected chi connectivity index (χ2v) is 14.5. The van der Waals surface area contributed by atoms with Crippen LogP contribution in [-0.4, -0.2) is 128 Å². The van der Waals surface area contributed by atoms with Crippen molar-refractivity contribution in [2.24, 2.45) is 16.7 Å². The Morgan fingerprint density at radius 2 is 1.65 bits per heavy atom. The second kappa shape index (κ2) is 11.9. The molecule has 48 heavy (non-hydrogen) atoms. The minimum Gasteiger partial charge on any atom is -0.455 e. The Hall–Kier alpha value is -2.79. The van der Waals surface area contributed by atoms with Crippen LogP contribution >= 0.6 is 0 Å². The van der Waals surface area contributed by atoms with Crippen LogP contribution in [0.25, 0.3) is 0 Å². The molecule has 0 unspecified atom stereocenters. The molecule has 2 saturated carbocycles. The van der Waals surface area contributed by atoms with Gasteiger partial charge in [0.25, 0.3) is 0 Å². The molecule has 14 heteroatoms. The van der Waals surface area contributed by atoms with Crippen LogP contribution in [0.5, 0.6) is 0 Å². The van der Waals surface area contributed by atoms with E-state index in [9.17, 15) is 40.2 Å². The van der Waals surface area contributed by atoms with Gasteiger partial charge in [0.1, 0.15) is 42.2 Å². The molecule has 5 aliphatic rings. The highest BCUT2D eigenvalue weighted by Gasteiger charge is 2.78. The first-order chi connectivity index (χ1) is 22.4. The smallest absolute Gasteiger partial charge is 0.338 e. The monoisotopic (exact) mass is 676 g/mol. The van der Waals surface area contributed by atoms with Crippen molar-refractivity contribution in [2.75, 3.05) is 13.2 Å². The van der Waals surface area contributed by atoms with Gasteiger partial charge in [-0.15, -0.1) is 0 Å². The molecule has 0 amide bonds. The Balaban J connectivity index is 1.59. The van der Waals surface area contributed by atoms with Crippen LogP contribution in [0, 0.1) is 16.7 Å². The third kappa shape index (κ3) is 4.91. The van der Waals surface area contributed by atoms with Crippen molar-refractivity contribution < 1.29 is 68.7 Å². The topological polar surface area (TPSA) is 219 Å². The zero-order valence-corrected chi connectivity index (χ0v) is 27.4. The number of carbonyl (C=O) groups is 3. The lowest BCUT2D eigenvalue weighted by Crippen LogP contribution is -2.82. The van der Waals surface area contributed by atoms with Crippen LogP contribution in [0.15, 0.2) is 41.5 Å². The van der Waals surface area contributed by atoms with Crippen molar-refractivity contribution >= 4 is 17.7 Å². The maximum Gasteiger partial charge on any atom is 0.338 e. The van der Waals surface area contributed by atoms with E-state index in [4.69, 9.17) is 23.7 Å². The highest BCUT2D eigenvalue weighted by molar-refractivity contribution is 5.94. The molecule has 2 saturated heterocycles. The van der Waals surface area contributed by atoms with Crippen molar-refractivity contribution in [3.05, 3.63) is 47.0 Å². The molecule has 3 aliphatic carbocycles. The van der Waals surface area contributed by atoms with E-state index in [1.54, 1.807) is 39.0 Å². The predicted molar refractivity (Wildman–Crippen MR) is 162 cm³/mol. The van der Waals surface area contributed by atoms with Crippen molar-refractivity contribution in [2.45, 2.75) is 114 Å². The van der Waals surface area contributed by atoms with E-state index in [-0.39, 0.29) is 36.2 Å². The Morgan fingerprint density at radius 3 is 2.25 bits per heavy atom. The lowest BCUT2D eigenvalue weighted by Gasteiger charge is -2.68. The zero-order chi connectivity index (χ0) is 35.1. The number of esters is 2. The number of hydrogen-bond donors (Lipinski definition) is 6. The average molecular weight is 677 g/mol. The van der Waals surface area contributed by atoms with Gasteiger partial charge in [-0.25, -0.2) is 4.79 Å². The third-order valence-electron chi connectivity index (χ3n) is 11.7. The zero-order valence-electron chi connectivity index (χ0n) is 27.4. The summed E-state index contributed by atoms with van der Waals surface area (Å²) in [6.45, 7) is 6.67. The molecule has 13 atom stereocenters. The molecule has 0 spiro atoms. The van der Waals surface area contributed by atoms with Gasteiger partial charge in [-0.05, 0) is 37.1 Å². The average Bonchev–Trinajstić information content (AvgIpc) is 3.02. The largest absolute Gasteiger partial charge is 0.455 e. The number of hydrogen-bond acceptors (Lipinski definition) is 14. The second-order valence-electron chi connectivity index (χ2n) is 14.5. The number of Topliss-reactive ketones (excluding diaryl/α,β-unsaturated/α-hetero) is 1. The summed E-state index contributed by atoms with van der Waals surface area (Å²) in [5.74, 6) is -3.93. The molecule has 0 radical (unpaired) electrons. The highest BCUT2D eigenvalue weighted by Crippen LogP contribution is 2.64. The van der Waals surface area contributed by atoms with Gasteiger partial charge < -0.3 is 54.3 Å². The molecular weight excluding hydrogens is 632 g/mol. The molecule has 4 fully saturated rings. The van der Waals surface area contributed by atoms with E-state index in [1.807, 2.05) is 0 Å². The van der Waals surface area contributed by atoms with Gasteiger partial charge in [-0.3, -0.25) is 9.59 Å².